The van der Waals surface area contributed by atoms with Crippen LogP contribution in [0.3, 0.4) is 0 Å². The molecule has 0 spiro atoms. The fourth-order valence-electron chi connectivity index (χ4n) is 2.23. The highest BCUT2D eigenvalue weighted by molar-refractivity contribution is 9.10. The zero-order chi connectivity index (χ0) is 15.2. The monoisotopic (exact) mass is 354 g/mol. The Bertz CT molecular complexity index is 549. The molecular weight excluding hydrogens is 332 g/mol. The number of nitrogens with one attached hydrogen (secondary N) is 1. The largest absolute Gasteiger partial charge is 0.453 e. The number of rotatable bonds is 8. The lowest BCUT2D eigenvalue weighted by Gasteiger charge is -2.17. The highest BCUT2D eigenvalue weighted by Crippen LogP contribution is 2.23. The lowest BCUT2D eigenvalue weighted by Crippen LogP contribution is -2.25. The maximum absolute atomic E-state index is 5.71. The van der Waals surface area contributed by atoms with Gasteiger partial charge in [-0.3, -0.25) is 0 Å². The van der Waals surface area contributed by atoms with Gasteiger partial charge in [-0.05, 0) is 46.9 Å². The van der Waals surface area contributed by atoms with E-state index in [2.05, 4.69) is 52.1 Å². The summed E-state index contributed by atoms with van der Waals surface area (Å²) < 4.78 is 8.45. The molecule has 2 aromatic heterocycles. The van der Waals surface area contributed by atoms with Crippen LogP contribution in [0.4, 0.5) is 0 Å². The van der Waals surface area contributed by atoms with E-state index in [-0.39, 0.29) is 6.04 Å². The van der Waals surface area contributed by atoms with E-state index in [9.17, 15) is 0 Å². The van der Waals surface area contributed by atoms with Gasteiger partial charge in [0.05, 0.1) is 6.04 Å². The number of hydrogen-bond acceptors (Lipinski definition) is 4. The van der Waals surface area contributed by atoms with Gasteiger partial charge in [-0.25, -0.2) is 9.67 Å². The summed E-state index contributed by atoms with van der Waals surface area (Å²) >= 11 is 3.37. The van der Waals surface area contributed by atoms with E-state index in [1.807, 2.05) is 16.8 Å². The number of halogens is 1. The van der Waals surface area contributed by atoms with Gasteiger partial charge in [0.1, 0.15) is 17.9 Å². The molecule has 21 heavy (non-hydrogen) atoms. The molecule has 0 amide bonds. The van der Waals surface area contributed by atoms with E-state index in [1.165, 1.54) is 0 Å². The third kappa shape index (κ3) is 4.68. The normalized spacial score (nSPS) is 13.0. The number of hydrogen-bond donors (Lipinski definition) is 1. The van der Waals surface area contributed by atoms with Gasteiger partial charge in [0.2, 0.25) is 0 Å². The van der Waals surface area contributed by atoms with Crippen LogP contribution in [0.1, 0.15) is 44.8 Å². The maximum atomic E-state index is 5.71. The molecule has 0 aliphatic rings. The first-order valence-corrected chi connectivity index (χ1v) is 8.24. The average molecular weight is 355 g/mol. The van der Waals surface area contributed by atoms with Gasteiger partial charge >= 0.3 is 0 Å². The highest BCUT2D eigenvalue weighted by Gasteiger charge is 2.18. The fourth-order valence-corrected chi connectivity index (χ4v) is 2.55. The van der Waals surface area contributed by atoms with Gasteiger partial charge in [0.25, 0.3) is 0 Å². The van der Waals surface area contributed by atoms with Crippen LogP contribution in [0.2, 0.25) is 0 Å². The molecule has 0 aliphatic carbocycles. The number of furan rings is 1. The Morgan fingerprint density at radius 3 is 2.81 bits per heavy atom. The van der Waals surface area contributed by atoms with Crippen molar-refractivity contribution < 1.29 is 4.42 Å². The van der Waals surface area contributed by atoms with E-state index in [0.717, 1.165) is 42.2 Å². The molecule has 1 atom stereocenters. The Morgan fingerprint density at radius 1 is 1.38 bits per heavy atom. The molecule has 2 aromatic rings. The minimum Gasteiger partial charge on any atom is -0.453 e. The molecule has 2 heterocycles. The Labute approximate surface area is 134 Å². The molecule has 0 radical (unpaired) electrons. The first-order chi connectivity index (χ1) is 10.1. The summed E-state index contributed by atoms with van der Waals surface area (Å²) in [5.41, 5.74) is 0. The summed E-state index contributed by atoms with van der Waals surface area (Å²) in [5.74, 6) is 2.46. The molecule has 0 aromatic carbocycles. The molecule has 0 fully saturated rings. The van der Waals surface area contributed by atoms with Crippen LogP contribution < -0.4 is 5.32 Å². The molecule has 0 saturated heterocycles. The summed E-state index contributed by atoms with van der Waals surface area (Å²) in [4.78, 5) is 4.41. The van der Waals surface area contributed by atoms with Gasteiger partial charge in [-0.15, -0.1) is 0 Å². The summed E-state index contributed by atoms with van der Waals surface area (Å²) in [6.07, 6.45) is 3.48. The van der Waals surface area contributed by atoms with Crippen molar-refractivity contribution in [3.8, 4) is 0 Å². The van der Waals surface area contributed by atoms with Gasteiger partial charge in [0.15, 0.2) is 4.67 Å². The second-order valence-corrected chi connectivity index (χ2v) is 6.39. The zero-order valence-corrected chi connectivity index (χ0v) is 14.4. The van der Waals surface area contributed by atoms with E-state index in [1.54, 1.807) is 6.33 Å². The summed E-state index contributed by atoms with van der Waals surface area (Å²) in [7, 11) is 0. The lowest BCUT2D eigenvalue weighted by atomic mass is 10.1. The second kappa shape index (κ2) is 7.75. The fraction of sp³-hybridized carbons (Fsp3) is 0.600. The van der Waals surface area contributed by atoms with Crippen molar-refractivity contribution in [2.24, 2.45) is 5.92 Å². The predicted octanol–water partition coefficient (Wildman–Crippen LogP) is 3.57. The van der Waals surface area contributed by atoms with Gasteiger partial charge < -0.3 is 9.73 Å². The first kappa shape index (κ1) is 16.2. The molecule has 0 bridgehead atoms. The van der Waals surface area contributed by atoms with Crippen molar-refractivity contribution in [3.63, 3.8) is 0 Å². The highest BCUT2D eigenvalue weighted by atomic mass is 79.9. The third-order valence-corrected chi connectivity index (χ3v) is 3.62. The van der Waals surface area contributed by atoms with Crippen molar-refractivity contribution in [2.45, 2.75) is 46.2 Å². The topological polar surface area (TPSA) is 55.9 Å². The SMILES string of the molecule is CCCNC(Cc1ncnn1CC(C)C)c1ccc(Br)o1. The Balaban J connectivity index is 2.13. The molecule has 116 valence electrons. The van der Waals surface area contributed by atoms with E-state index in [4.69, 9.17) is 4.42 Å². The third-order valence-electron chi connectivity index (χ3n) is 3.20. The Hall–Kier alpha value is -1.14. The van der Waals surface area contributed by atoms with Crippen molar-refractivity contribution in [3.05, 3.63) is 34.7 Å². The molecular formula is C15H23BrN4O. The number of aromatic nitrogens is 3. The van der Waals surface area contributed by atoms with Crippen molar-refractivity contribution in [2.75, 3.05) is 6.54 Å². The molecule has 6 heteroatoms. The van der Waals surface area contributed by atoms with Crippen molar-refractivity contribution >= 4 is 15.9 Å². The average Bonchev–Trinajstić information content (AvgIpc) is 3.03. The number of nitrogens with zero attached hydrogens (tertiary/aromatic N) is 3. The van der Waals surface area contributed by atoms with Crippen LogP contribution in [0, 0.1) is 5.92 Å². The molecule has 1 N–H and O–H groups in total. The maximum Gasteiger partial charge on any atom is 0.169 e. The van der Waals surface area contributed by atoms with Crippen LogP contribution in [0.25, 0.3) is 0 Å². The van der Waals surface area contributed by atoms with E-state index >= 15 is 0 Å². The second-order valence-electron chi connectivity index (χ2n) is 5.60. The molecule has 0 aliphatic heterocycles. The summed E-state index contributed by atoms with van der Waals surface area (Å²) in [6, 6.07) is 4.04. The minimum atomic E-state index is 0.117. The minimum absolute atomic E-state index is 0.117. The Morgan fingerprint density at radius 2 is 2.19 bits per heavy atom. The first-order valence-electron chi connectivity index (χ1n) is 7.45. The molecule has 1 unspecified atom stereocenters. The molecule has 5 nitrogen and oxygen atoms in total. The molecule has 0 saturated carbocycles. The summed E-state index contributed by atoms with van der Waals surface area (Å²) in [5, 5.41) is 7.85. The smallest absolute Gasteiger partial charge is 0.169 e. The zero-order valence-electron chi connectivity index (χ0n) is 12.8. The van der Waals surface area contributed by atoms with E-state index < -0.39 is 0 Å². The lowest BCUT2D eigenvalue weighted by molar-refractivity contribution is 0.384. The van der Waals surface area contributed by atoms with Crippen LogP contribution in [-0.4, -0.2) is 21.3 Å². The van der Waals surface area contributed by atoms with Crippen LogP contribution in [0.5, 0.6) is 0 Å². The van der Waals surface area contributed by atoms with Crippen molar-refractivity contribution in [1.29, 1.82) is 0 Å². The van der Waals surface area contributed by atoms with Gasteiger partial charge in [-0.2, -0.15) is 5.10 Å². The quantitative estimate of drug-likeness (QED) is 0.787. The summed E-state index contributed by atoms with van der Waals surface area (Å²) in [6.45, 7) is 8.35. The molecule has 2 rings (SSSR count). The van der Waals surface area contributed by atoms with Gasteiger partial charge in [0, 0.05) is 13.0 Å². The van der Waals surface area contributed by atoms with Crippen LogP contribution in [0.15, 0.2) is 27.5 Å². The predicted molar refractivity (Wildman–Crippen MR) is 86.0 cm³/mol. The standard InChI is InChI=1S/C15H23BrN4O/c1-4-7-17-12(13-5-6-14(16)21-13)8-15-18-10-19-20(15)9-11(2)3/h5-6,10-12,17H,4,7-9H2,1-3H3. The van der Waals surface area contributed by atoms with Crippen molar-refractivity contribution in [1.82, 2.24) is 20.1 Å². The van der Waals surface area contributed by atoms with E-state index in [0.29, 0.717) is 5.92 Å². The van der Waals surface area contributed by atoms with Crippen LogP contribution in [-0.2, 0) is 13.0 Å². The van der Waals surface area contributed by atoms with Gasteiger partial charge in [-0.1, -0.05) is 20.8 Å². The Kier molecular flexibility index (Phi) is 5.99. The van der Waals surface area contributed by atoms with Crippen LogP contribution >= 0.6 is 15.9 Å².